The van der Waals surface area contributed by atoms with E-state index in [0.717, 1.165) is 23.4 Å². The minimum atomic E-state index is -0.674. The number of carbonyl (C=O) groups is 1. The van der Waals surface area contributed by atoms with E-state index in [0.29, 0.717) is 13.0 Å². The van der Waals surface area contributed by atoms with E-state index < -0.39 is 11.8 Å². The van der Waals surface area contributed by atoms with Gasteiger partial charge in [-0.25, -0.2) is 9.18 Å². The van der Waals surface area contributed by atoms with E-state index in [1.54, 1.807) is 0 Å². The second-order valence-corrected chi connectivity index (χ2v) is 8.57. The Morgan fingerprint density at radius 1 is 1.03 bits per heavy atom. The van der Waals surface area contributed by atoms with Gasteiger partial charge in [-0.15, -0.1) is 0 Å². The average molecular weight is 456 g/mol. The van der Waals surface area contributed by atoms with Gasteiger partial charge >= 0.3 is 5.97 Å². The molecule has 0 aliphatic carbocycles. The van der Waals surface area contributed by atoms with Crippen LogP contribution in [0.4, 0.5) is 4.39 Å². The van der Waals surface area contributed by atoms with Crippen LogP contribution in [0.5, 0.6) is 5.75 Å². The summed E-state index contributed by atoms with van der Waals surface area (Å²) in [7, 11) is 1.25. The van der Waals surface area contributed by atoms with Crippen molar-refractivity contribution in [3.63, 3.8) is 0 Å². The molecule has 0 radical (unpaired) electrons. The van der Waals surface area contributed by atoms with Gasteiger partial charge in [0.2, 0.25) is 0 Å². The van der Waals surface area contributed by atoms with Gasteiger partial charge in [0.25, 0.3) is 0 Å². The Labute approximate surface area is 198 Å². The highest BCUT2D eigenvalue weighted by atomic mass is 19.1. The number of rotatable bonds is 6. The molecule has 2 atom stereocenters. The highest BCUT2D eigenvalue weighted by Gasteiger charge is 2.30. The summed E-state index contributed by atoms with van der Waals surface area (Å²) in [6.07, 6.45) is 0.634. The van der Waals surface area contributed by atoms with E-state index in [2.05, 4.69) is 46.5 Å². The standard InChI is InChI=1S/C29H26FNO3/c1-33-29(32)25-14-13-20(15-27(25)30)26-16-22(34-28-12-5-4-11-24(26)28)18-31-17-21-9-6-8-19-7-2-3-10-23(19)21/h2-15,22,26,31H,16-18H2,1H3. The summed E-state index contributed by atoms with van der Waals surface area (Å²) in [6, 6.07) is 27.4. The third-order valence-corrected chi connectivity index (χ3v) is 6.45. The molecule has 2 unspecified atom stereocenters. The minimum absolute atomic E-state index is 0.0319. The van der Waals surface area contributed by atoms with Crippen LogP contribution in [0.2, 0.25) is 0 Å². The number of carbonyl (C=O) groups excluding carboxylic acids is 1. The highest BCUT2D eigenvalue weighted by molar-refractivity contribution is 5.89. The number of halogens is 1. The second-order valence-electron chi connectivity index (χ2n) is 8.57. The van der Waals surface area contributed by atoms with Crippen LogP contribution in [0, 0.1) is 5.82 Å². The predicted molar refractivity (Wildman–Crippen MR) is 131 cm³/mol. The smallest absolute Gasteiger partial charge is 0.340 e. The lowest BCUT2D eigenvalue weighted by atomic mass is 9.83. The lowest BCUT2D eigenvalue weighted by Crippen LogP contribution is -2.35. The van der Waals surface area contributed by atoms with Gasteiger partial charge in [-0.1, -0.05) is 66.7 Å². The summed E-state index contributed by atoms with van der Waals surface area (Å²) >= 11 is 0. The maximum atomic E-state index is 14.7. The summed E-state index contributed by atoms with van der Waals surface area (Å²) in [5.74, 6) is -0.463. The molecule has 4 nitrogen and oxygen atoms in total. The molecule has 1 N–H and O–H groups in total. The first kappa shape index (κ1) is 22.1. The topological polar surface area (TPSA) is 47.6 Å². The summed E-state index contributed by atoms with van der Waals surface area (Å²) in [5.41, 5.74) is 3.03. The molecule has 5 rings (SSSR count). The van der Waals surface area contributed by atoms with Gasteiger partial charge in [0.1, 0.15) is 17.7 Å². The zero-order valence-electron chi connectivity index (χ0n) is 19.0. The van der Waals surface area contributed by atoms with E-state index in [4.69, 9.17) is 4.74 Å². The molecule has 1 heterocycles. The molecule has 172 valence electrons. The van der Waals surface area contributed by atoms with Gasteiger partial charge in [-0.05, 0) is 46.5 Å². The molecule has 1 aliphatic heterocycles. The number of nitrogens with one attached hydrogen (secondary N) is 1. The van der Waals surface area contributed by atoms with E-state index in [-0.39, 0.29) is 17.6 Å². The largest absolute Gasteiger partial charge is 0.489 e. The van der Waals surface area contributed by atoms with E-state index >= 15 is 0 Å². The van der Waals surface area contributed by atoms with Gasteiger partial charge < -0.3 is 14.8 Å². The normalized spacial score (nSPS) is 17.1. The zero-order chi connectivity index (χ0) is 23.5. The van der Waals surface area contributed by atoms with Crippen molar-refractivity contribution < 1.29 is 18.7 Å². The van der Waals surface area contributed by atoms with Gasteiger partial charge in [0.15, 0.2) is 0 Å². The molecule has 1 aliphatic rings. The van der Waals surface area contributed by atoms with Crippen LogP contribution in [-0.4, -0.2) is 25.7 Å². The van der Waals surface area contributed by atoms with Crippen molar-refractivity contribution in [2.75, 3.05) is 13.7 Å². The quantitative estimate of drug-likeness (QED) is 0.371. The van der Waals surface area contributed by atoms with Crippen molar-refractivity contribution in [2.24, 2.45) is 0 Å². The SMILES string of the molecule is COC(=O)c1ccc(C2CC(CNCc3cccc4ccccc34)Oc3ccccc32)cc1F. The summed E-state index contributed by atoms with van der Waals surface area (Å²) in [4.78, 5) is 11.8. The molecular weight excluding hydrogens is 429 g/mol. The van der Waals surface area contributed by atoms with Crippen molar-refractivity contribution in [3.8, 4) is 5.75 Å². The first-order valence-electron chi connectivity index (χ1n) is 11.4. The van der Waals surface area contributed by atoms with Gasteiger partial charge in [0, 0.05) is 24.6 Å². The Balaban J connectivity index is 1.34. The fourth-order valence-electron chi connectivity index (χ4n) is 4.77. The third kappa shape index (κ3) is 4.39. The molecule has 0 aromatic heterocycles. The second kappa shape index (κ2) is 9.65. The van der Waals surface area contributed by atoms with E-state index in [9.17, 15) is 9.18 Å². The maximum Gasteiger partial charge on any atom is 0.340 e. The van der Waals surface area contributed by atoms with E-state index in [1.165, 1.54) is 35.6 Å². The molecular formula is C29H26FNO3. The first-order valence-corrected chi connectivity index (χ1v) is 11.4. The Hall–Kier alpha value is -3.70. The van der Waals surface area contributed by atoms with Crippen LogP contribution in [0.25, 0.3) is 10.8 Å². The van der Waals surface area contributed by atoms with Crippen molar-refractivity contribution in [3.05, 3.63) is 113 Å². The summed E-state index contributed by atoms with van der Waals surface area (Å²) < 4.78 is 25.7. The van der Waals surface area contributed by atoms with Crippen LogP contribution in [-0.2, 0) is 11.3 Å². The monoisotopic (exact) mass is 455 g/mol. The van der Waals surface area contributed by atoms with Crippen molar-refractivity contribution >= 4 is 16.7 Å². The maximum absolute atomic E-state index is 14.7. The van der Waals surface area contributed by atoms with Crippen LogP contribution >= 0.6 is 0 Å². The molecule has 5 heteroatoms. The van der Waals surface area contributed by atoms with Crippen molar-refractivity contribution in [2.45, 2.75) is 25.0 Å². The molecule has 0 saturated carbocycles. The number of para-hydroxylation sites is 1. The lowest BCUT2D eigenvalue weighted by molar-refractivity contribution is 0.0595. The number of esters is 1. The highest BCUT2D eigenvalue weighted by Crippen LogP contribution is 2.40. The number of fused-ring (bicyclic) bond motifs is 2. The molecule has 0 spiro atoms. The van der Waals surface area contributed by atoms with E-state index in [1.807, 2.05) is 36.4 Å². The van der Waals surface area contributed by atoms with Crippen LogP contribution in [0.1, 0.15) is 39.4 Å². The molecule has 0 fully saturated rings. The van der Waals surface area contributed by atoms with Crippen LogP contribution < -0.4 is 10.1 Å². The summed E-state index contributed by atoms with van der Waals surface area (Å²) in [5, 5.41) is 6.02. The molecule has 34 heavy (non-hydrogen) atoms. The fraction of sp³-hybridized carbons (Fsp3) is 0.207. The van der Waals surface area contributed by atoms with Crippen LogP contribution in [0.3, 0.4) is 0 Å². The minimum Gasteiger partial charge on any atom is -0.489 e. The Bertz CT molecular complexity index is 1330. The van der Waals surface area contributed by atoms with Crippen molar-refractivity contribution in [1.29, 1.82) is 0 Å². The van der Waals surface area contributed by atoms with Crippen molar-refractivity contribution in [1.82, 2.24) is 5.32 Å². The predicted octanol–water partition coefficient (Wildman–Crippen LogP) is 5.84. The molecule has 0 bridgehead atoms. The molecule has 4 aromatic rings. The fourth-order valence-corrected chi connectivity index (χ4v) is 4.77. The summed E-state index contributed by atoms with van der Waals surface area (Å²) in [6.45, 7) is 1.40. The molecule has 0 saturated heterocycles. The molecule has 4 aromatic carbocycles. The molecule has 0 amide bonds. The third-order valence-electron chi connectivity index (χ3n) is 6.45. The lowest BCUT2D eigenvalue weighted by Gasteiger charge is -2.33. The Morgan fingerprint density at radius 2 is 1.82 bits per heavy atom. The number of benzene rings is 4. The number of hydrogen-bond donors (Lipinski definition) is 1. The Kier molecular flexibility index (Phi) is 6.28. The van der Waals surface area contributed by atoms with Crippen LogP contribution in [0.15, 0.2) is 84.9 Å². The van der Waals surface area contributed by atoms with Gasteiger partial charge in [-0.2, -0.15) is 0 Å². The number of methoxy groups -OCH3 is 1. The number of ether oxygens (including phenoxy) is 2. The van der Waals surface area contributed by atoms with Gasteiger partial charge in [-0.3, -0.25) is 0 Å². The first-order chi connectivity index (χ1) is 16.6. The number of hydrogen-bond acceptors (Lipinski definition) is 4. The van der Waals surface area contributed by atoms with Gasteiger partial charge in [0.05, 0.1) is 12.7 Å². The average Bonchev–Trinajstić information content (AvgIpc) is 2.88. The Morgan fingerprint density at radius 3 is 2.68 bits per heavy atom. The zero-order valence-corrected chi connectivity index (χ0v) is 19.0.